The van der Waals surface area contributed by atoms with Gasteiger partial charge in [-0.3, -0.25) is 0 Å². The molecular formula is C26H25Cl3N2O2S. The minimum Gasteiger partial charge on any atom is -0.465 e. The Hall–Kier alpha value is -2.20. The summed E-state index contributed by atoms with van der Waals surface area (Å²) in [6.07, 6.45) is 2.69. The van der Waals surface area contributed by atoms with E-state index < -0.39 is 5.97 Å². The van der Waals surface area contributed by atoms with Crippen LogP contribution in [0.4, 0.5) is 0 Å². The Bertz CT molecular complexity index is 1210. The van der Waals surface area contributed by atoms with Crippen molar-refractivity contribution in [3.8, 4) is 6.07 Å². The third kappa shape index (κ3) is 6.69. The molecule has 0 fully saturated rings. The van der Waals surface area contributed by atoms with Gasteiger partial charge in [0, 0.05) is 23.7 Å². The van der Waals surface area contributed by atoms with E-state index in [9.17, 15) is 10.1 Å². The average molecular weight is 536 g/mol. The van der Waals surface area contributed by atoms with Crippen LogP contribution in [0.15, 0.2) is 66.1 Å². The lowest BCUT2D eigenvalue weighted by Crippen LogP contribution is -2.24. The first-order valence-corrected chi connectivity index (χ1v) is 12.2. The molecule has 0 bridgehead atoms. The van der Waals surface area contributed by atoms with Gasteiger partial charge in [0.1, 0.15) is 6.07 Å². The van der Waals surface area contributed by atoms with Crippen LogP contribution in [-0.2, 0) is 4.74 Å². The lowest BCUT2D eigenvalue weighted by atomic mass is 9.95. The van der Waals surface area contributed by atoms with E-state index in [1.54, 1.807) is 0 Å². The zero-order chi connectivity index (χ0) is 23.8. The van der Waals surface area contributed by atoms with Crippen molar-refractivity contribution in [2.75, 3.05) is 26.0 Å². The monoisotopic (exact) mass is 534 g/mol. The van der Waals surface area contributed by atoms with Gasteiger partial charge in [0.2, 0.25) is 0 Å². The van der Waals surface area contributed by atoms with E-state index >= 15 is 0 Å². The fourth-order valence-electron chi connectivity index (χ4n) is 3.67. The lowest BCUT2D eigenvalue weighted by molar-refractivity contribution is 0.0599. The van der Waals surface area contributed by atoms with Crippen molar-refractivity contribution in [2.45, 2.75) is 17.2 Å². The number of allylic oxidation sites excluding steroid dienone is 1. The number of hydrogen-bond donors (Lipinski definition) is 1. The van der Waals surface area contributed by atoms with Crippen LogP contribution >= 0.6 is 47.4 Å². The molecule has 0 aromatic heterocycles. The maximum atomic E-state index is 12.6. The molecular weight excluding hydrogens is 511 g/mol. The number of carbonyl (C=O) groups excluding carboxylic acids is 1. The zero-order valence-corrected chi connectivity index (χ0v) is 21.8. The van der Waals surface area contributed by atoms with Crippen molar-refractivity contribution in [1.82, 2.24) is 5.32 Å². The molecule has 3 aromatic rings. The van der Waals surface area contributed by atoms with Crippen LogP contribution in [0, 0.1) is 11.3 Å². The first kappa shape index (κ1) is 28.0. The van der Waals surface area contributed by atoms with Gasteiger partial charge in [0.15, 0.2) is 0 Å². The molecule has 0 saturated heterocycles. The van der Waals surface area contributed by atoms with Gasteiger partial charge in [0.25, 0.3) is 0 Å². The third-order valence-electron chi connectivity index (χ3n) is 5.29. The average Bonchev–Trinajstić information content (AvgIpc) is 2.83. The number of esters is 1. The normalized spacial score (nSPS) is 11.4. The highest BCUT2D eigenvalue weighted by Gasteiger charge is 2.20. The minimum absolute atomic E-state index is 0. The van der Waals surface area contributed by atoms with E-state index in [2.05, 4.69) is 18.0 Å². The number of fused-ring (bicyclic) bond motifs is 1. The maximum Gasteiger partial charge on any atom is 0.339 e. The fourth-order valence-corrected chi connectivity index (χ4v) is 5.03. The molecule has 8 heteroatoms. The summed E-state index contributed by atoms with van der Waals surface area (Å²) in [4.78, 5) is 13.2. The predicted molar refractivity (Wildman–Crippen MR) is 145 cm³/mol. The van der Waals surface area contributed by atoms with Crippen molar-refractivity contribution in [3.05, 3.63) is 87.9 Å². The summed E-state index contributed by atoms with van der Waals surface area (Å²) in [6.45, 7) is 5.29. The SMILES string of the molecule is C=CC[C@H](CNCCSc1c(C#N)cc2ccccc2c1C(=O)OC)c1ccc(Cl)c(Cl)c1.Cl. The van der Waals surface area contributed by atoms with Crippen molar-refractivity contribution in [2.24, 2.45) is 0 Å². The van der Waals surface area contributed by atoms with Crippen LogP contribution in [0.2, 0.25) is 10.0 Å². The summed E-state index contributed by atoms with van der Waals surface area (Å²) < 4.78 is 5.03. The highest BCUT2D eigenvalue weighted by molar-refractivity contribution is 7.99. The van der Waals surface area contributed by atoms with Gasteiger partial charge in [-0.25, -0.2) is 4.79 Å². The molecule has 0 radical (unpaired) electrons. The van der Waals surface area contributed by atoms with Crippen LogP contribution in [0.5, 0.6) is 0 Å². The zero-order valence-electron chi connectivity index (χ0n) is 18.6. The summed E-state index contributed by atoms with van der Waals surface area (Å²) in [5.41, 5.74) is 2.01. The molecule has 4 nitrogen and oxygen atoms in total. The molecule has 0 saturated carbocycles. The quantitative estimate of drug-likeness (QED) is 0.128. The smallest absolute Gasteiger partial charge is 0.339 e. The number of thioether (sulfide) groups is 1. The van der Waals surface area contributed by atoms with Gasteiger partial charge < -0.3 is 10.1 Å². The van der Waals surface area contributed by atoms with Gasteiger partial charge in [-0.2, -0.15) is 5.26 Å². The van der Waals surface area contributed by atoms with Crippen molar-refractivity contribution in [1.29, 1.82) is 5.26 Å². The highest BCUT2D eigenvalue weighted by Crippen LogP contribution is 2.34. The van der Waals surface area contributed by atoms with Crippen molar-refractivity contribution >= 4 is 64.1 Å². The molecule has 0 amide bonds. The first-order chi connectivity index (χ1) is 16.0. The predicted octanol–water partition coefficient (Wildman–Crippen LogP) is 7.27. The summed E-state index contributed by atoms with van der Waals surface area (Å²) in [6, 6.07) is 17.3. The van der Waals surface area contributed by atoms with E-state index in [0.717, 1.165) is 29.3 Å². The second-order valence-corrected chi connectivity index (χ2v) is 9.32. The lowest BCUT2D eigenvalue weighted by Gasteiger charge is -2.18. The van der Waals surface area contributed by atoms with E-state index in [-0.39, 0.29) is 18.3 Å². The Morgan fingerprint density at radius 1 is 1.24 bits per heavy atom. The molecule has 0 aliphatic carbocycles. The van der Waals surface area contributed by atoms with Crippen molar-refractivity contribution < 1.29 is 9.53 Å². The number of carbonyl (C=O) groups is 1. The molecule has 1 N–H and O–H groups in total. The van der Waals surface area contributed by atoms with Gasteiger partial charge in [0.05, 0.1) is 28.3 Å². The fraction of sp³-hybridized carbons (Fsp3) is 0.231. The number of nitrogens with one attached hydrogen (secondary N) is 1. The second kappa shape index (κ2) is 13.6. The molecule has 1 atom stereocenters. The van der Waals surface area contributed by atoms with Gasteiger partial charge in [-0.1, -0.05) is 59.6 Å². The molecule has 3 aromatic carbocycles. The molecule has 0 spiro atoms. The molecule has 3 rings (SSSR count). The van der Waals surface area contributed by atoms with E-state index in [1.807, 2.05) is 54.6 Å². The van der Waals surface area contributed by atoms with Crippen LogP contribution in [-0.4, -0.2) is 31.9 Å². The van der Waals surface area contributed by atoms with Gasteiger partial charge >= 0.3 is 5.97 Å². The largest absolute Gasteiger partial charge is 0.465 e. The standard InChI is InChI=1S/C26H24Cl2N2O2S.ClH/c1-3-6-19(17-9-10-22(27)23(28)14-17)16-30-11-12-33-25-20(15-29)13-18-7-4-5-8-21(18)24(25)26(31)32-2;/h3-5,7-10,13-14,19,30H,1,6,11-12,16H2,2H3;1H/t19-;/m1./s1. The molecule has 0 aliphatic heterocycles. The summed E-state index contributed by atoms with van der Waals surface area (Å²) in [5.74, 6) is 0.451. The van der Waals surface area contributed by atoms with E-state index in [0.29, 0.717) is 38.4 Å². The van der Waals surface area contributed by atoms with Crippen molar-refractivity contribution in [3.63, 3.8) is 0 Å². The van der Waals surface area contributed by atoms with E-state index in [4.69, 9.17) is 27.9 Å². The summed E-state index contributed by atoms with van der Waals surface area (Å²) in [5, 5.41) is 15.9. The Morgan fingerprint density at radius 3 is 2.68 bits per heavy atom. The molecule has 178 valence electrons. The number of nitriles is 1. The molecule has 0 aliphatic rings. The summed E-state index contributed by atoms with van der Waals surface area (Å²) >= 11 is 13.7. The van der Waals surface area contributed by atoms with Crippen LogP contribution in [0.3, 0.4) is 0 Å². The molecule has 34 heavy (non-hydrogen) atoms. The second-order valence-electron chi connectivity index (χ2n) is 7.40. The molecule has 0 heterocycles. The summed E-state index contributed by atoms with van der Waals surface area (Å²) in [7, 11) is 1.36. The number of ether oxygens (including phenoxy) is 1. The Morgan fingerprint density at radius 2 is 2.00 bits per heavy atom. The number of rotatable bonds is 10. The topological polar surface area (TPSA) is 62.1 Å². The number of halogens is 3. The number of nitrogens with zero attached hydrogens (tertiary/aromatic N) is 1. The minimum atomic E-state index is -0.440. The third-order valence-corrected chi connectivity index (χ3v) is 7.15. The maximum absolute atomic E-state index is 12.6. The number of methoxy groups -OCH3 is 1. The Balaban J connectivity index is 0.00000408. The van der Waals surface area contributed by atoms with Gasteiger partial charge in [-0.05, 0) is 46.9 Å². The first-order valence-electron chi connectivity index (χ1n) is 10.4. The molecule has 0 unspecified atom stereocenters. The number of benzene rings is 3. The highest BCUT2D eigenvalue weighted by atomic mass is 35.5. The van der Waals surface area contributed by atoms with Crippen LogP contribution in [0.1, 0.15) is 33.8 Å². The van der Waals surface area contributed by atoms with Gasteiger partial charge in [-0.15, -0.1) is 30.7 Å². The van der Waals surface area contributed by atoms with Crippen LogP contribution < -0.4 is 5.32 Å². The van der Waals surface area contributed by atoms with E-state index in [1.165, 1.54) is 18.9 Å². The number of hydrogen-bond acceptors (Lipinski definition) is 5. The van der Waals surface area contributed by atoms with Crippen LogP contribution in [0.25, 0.3) is 10.8 Å². The Kier molecular flexibility index (Phi) is 11.2. The Labute approximate surface area is 220 Å².